The summed E-state index contributed by atoms with van der Waals surface area (Å²) in [7, 11) is 0. The first-order valence-electron chi connectivity index (χ1n) is 16.5. The van der Waals surface area contributed by atoms with Crippen molar-refractivity contribution in [3.63, 3.8) is 0 Å². The molecule has 5 aliphatic rings. The van der Waals surface area contributed by atoms with Crippen molar-refractivity contribution in [2.75, 3.05) is 11.5 Å². The Morgan fingerprint density at radius 2 is 2.02 bits per heavy atom. The molecule has 1 saturated heterocycles. The van der Waals surface area contributed by atoms with E-state index in [0.717, 1.165) is 42.7 Å². The second-order valence-electron chi connectivity index (χ2n) is 14.3. The van der Waals surface area contributed by atoms with Crippen LogP contribution in [-0.4, -0.2) is 61.6 Å². The predicted molar refractivity (Wildman–Crippen MR) is 183 cm³/mol. The molecule has 3 saturated carbocycles. The third kappa shape index (κ3) is 5.44. The van der Waals surface area contributed by atoms with Crippen LogP contribution < -0.4 is 11.1 Å². The molecule has 46 heavy (non-hydrogen) atoms. The molecule has 9 atom stereocenters. The number of nitrogens with zero attached hydrogens (tertiary/aromatic N) is 1. The number of carbonyl (C=O) groups is 3. The fourth-order valence-corrected chi connectivity index (χ4v) is 11.5. The minimum Gasteiger partial charge on any atom is -0.449 e. The van der Waals surface area contributed by atoms with Crippen LogP contribution in [0.25, 0.3) is 0 Å². The van der Waals surface area contributed by atoms with Crippen LogP contribution in [0.3, 0.4) is 0 Å². The first-order valence-corrected chi connectivity index (χ1v) is 18.4. The Hall–Kier alpha value is -2.60. The molecule has 1 aromatic carbocycles. The van der Waals surface area contributed by atoms with E-state index in [1.165, 1.54) is 5.57 Å². The van der Waals surface area contributed by atoms with Crippen LogP contribution in [0.15, 0.2) is 52.7 Å². The number of thiol groups is 1. The van der Waals surface area contributed by atoms with Gasteiger partial charge in [0.15, 0.2) is 11.4 Å². The van der Waals surface area contributed by atoms with Gasteiger partial charge in [0.1, 0.15) is 16.9 Å². The van der Waals surface area contributed by atoms with Gasteiger partial charge in [-0.15, -0.1) is 12.6 Å². The second kappa shape index (κ2) is 12.5. The standard InChI is InChI=1S/C35H45N3O6S2/c1-4-29(40)44-35(32(42)45)12-10-26-25-9-8-22-15-27(21(18-36)16-33(22,2)30(25)28(39)17-34(26,35)3)37-23-7-5-6-20(14-23)31(41)38-24-11-13-46(43)19-24/h5-7,14-15,18,24-26,28,30,39,43H,4,8-13,16-17,19H2,1-3H3,(H3-,36,37,38,41,42,45)/p+1/t24?,25-,26?,28?,30?,33-,34-,35-,46?/m0/s1. The highest BCUT2D eigenvalue weighted by molar-refractivity contribution is 7.96. The van der Waals surface area contributed by atoms with E-state index in [2.05, 4.69) is 30.9 Å². The number of aliphatic hydroxyl groups is 1. The number of nitrogens with one attached hydrogen (secondary N) is 1. The molecular weight excluding hydrogens is 623 g/mol. The fraction of sp³-hybridized carbons (Fsp3) is 0.600. The van der Waals surface area contributed by atoms with Crippen molar-refractivity contribution in [2.45, 2.75) is 89.9 Å². The van der Waals surface area contributed by atoms with E-state index in [9.17, 15) is 24.0 Å². The van der Waals surface area contributed by atoms with E-state index in [-0.39, 0.29) is 41.5 Å². The third-order valence-corrected chi connectivity index (χ3v) is 13.8. The number of amides is 1. The number of fused-ring (bicyclic) bond motifs is 5. The summed E-state index contributed by atoms with van der Waals surface area (Å²) in [5, 5.41) is 14.6. The molecule has 6 rings (SSSR count). The number of allylic oxidation sites excluding steroid dienone is 3. The highest BCUT2D eigenvalue weighted by Crippen LogP contribution is 2.68. The van der Waals surface area contributed by atoms with Gasteiger partial charge >= 0.3 is 5.97 Å². The molecule has 5 N–H and O–H groups in total. The Kier molecular flexibility index (Phi) is 9.01. The summed E-state index contributed by atoms with van der Waals surface area (Å²) < 4.78 is 15.8. The lowest BCUT2D eigenvalue weighted by atomic mass is 9.45. The number of hydrogen-bond acceptors (Lipinski definition) is 8. The molecule has 0 aromatic heterocycles. The van der Waals surface area contributed by atoms with Gasteiger partial charge in [-0.3, -0.25) is 14.4 Å². The number of rotatable bonds is 6. The number of hydrogen-bond donors (Lipinski definition) is 5. The molecular formula is C35H46N3O6S2+. The lowest BCUT2D eigenvalue weighted by Gasteiger charge is -2.60. The van der Waals surface area contributed by atoms with Crippen LogP contribution in [0.1, 0.15) is 82.5 Å². The number of aliphatic imine (C=N–C) groups is 1. The quantitative estimate of drug-likeness (QED) is 0.165. The molecule has 0 spiro atoms. The highest BCUT2D eigenvalue weighted by Gasteiger charge is 2.70. The van der Waals surface area contributed by atoms with Crippen LogP contribution in [0, 0.1) is 28.6 Å². The fourth-order valence-electron chi connectivity index (χ4n) is 9.67. The number of esters is 1. The van der Waals surface area contributed by atoms with E-state index in [4.69, 9.17) is 15.5 Å². The van der Waals surface area contributed by atoms with Crippen LogP contribution in [0.2, 0.25) is 0 Å². The van der Waals surface area contributed by atoms with Crippen molar-refractivity contribution in [2.24, 2.45) is 39.3 Å². The molecule has 1 aliphatic heterocycles. The number of ether oxygens (including phenoxy) is 1. The van der Waals surface area contributed by atoms with Gasteiger partial charge in [0.25, 0.3) is 5.91 Å². The summed E-state index contributed by atoms with van der Waals surface area (Å²) in [5.41, 5.74) is 7.85. The number of carbonyl (C=O) groups excluding carboxylic acids is 3. The first kappa shape index (κ1) is 33.3. The second-order valence-corrected chi connectivity index (χ2v) is 16.4. The molecule has 9 nitrogen and oxygen atoms in total. The molecule has 0 radical (unpaired) electrons. The van der Waals surface area contributed by atoms with Gasteiger partial charge in [0.2, 0.25) is 5.12 Å². The molecule has 1 aromatic rings. The zero-order valence-corrected chi connectivity index (χ0v) is 28.5. The number of benzene rings is 1. The maximum atomic E-state index is 13.1. The molecule has 1 amide bonds. The van der Waals surface area contributed by atoms with Crippen LogP contribution >= 0.6 is 12.6 Å². The van der Waals surface area contributed by atoms with Gasteiger partial charge in [-0.2, -0.15) is 4.55 Å². The van der Waals surface area contributed by atoms with Crippen LogP contribution in [0.4, 0.5) is 5.69 Å². The highest BCUT2D eigenvalue weighted by atomic mass is 32.2. The van der Waals surface area contributed by atoms with Gasteiger partial charge in [0, 0.05) is 23.8 Å². The Labute approximate surface area is 279 Å². The van der Waals surface area contributed by atoms with Crippen molar-refractivity contribution in [3.8, 4) is 0 Å². The zero-order chi connectivity index (χ0) is 33.0. The van der Waals surface area contributed by atoms with Gasteiger partial charge in [0.05, 0.1) is 23.5 Å². The Balaban J connectivity index is 1.28. The van der Waals surface area contributed by atoms with E-state index in [1.54, 1.807) is 25.3 Å². The summed E-state index contributed by atoms with van der Waals surface area (Å²) >= 11 is 3.63. The number of aliphatic hydroxyl groups excluding tert-OH is 1. The van der Waals surface area contributed by atoms with Gasteiger partial charge < -0.3 is 20.9 Å². The average Bonchev–Trinajstić information content (AvgIpc) is 3.56. The van der Waals surface area contributed by atoms with Gasteiger partial charge in [-0.05, 0) is 97.7 Å². The SMILES string of the molecule is CCC(=O)O[C@]1(C(=O)S)CCC2[C@@H]3CCC4=CC(=Nc5cccc(C(=O)NC6CC[S+](O)C6)c5)/C(=C\N)C[C@]4(C)C3C(O)C[C@@]21C. The average molecular weight is 669 g/mol. The zero-order valence-electron chi connectivity index (χ0n) is 26.8. The number of nitrogens with two attached hydrogens (primary N) is 1. The lowest BCUT2D eigenvalue weighted by Crippen LogP contribution is -2.62. The smallest absolute Gasteiger partial charge is 0.306 e. The van der Waals surface area contributed by atoms with Gasteiger partial charge in [-0.25, -0.2) is 4.99 Å². The Bertz CT molecular complexity index is 1530. The molecule has 5 unspecified atom stereocenters. The molecule has 1 heterocycles. The Morgan fingerprint density at radius 1 is 1.24 bits per heavy atom. The third-order valence-electron chi connectivity index (χ3n) is 11.9. The summed E-state index contributed by atoms with van der Waals surface area (Å²) in [6, 6.07) is 7.22. The van der Waals surface area contributed by atoms with Crippen molar-refractivity contribution in [1.82, 2.24) is 5.32 Å². The molecule has 0 bridgehead atoms. The minimum absolute atomic E-state index is 0.0168. The molecule has 11 heteroatoms. The largest absolute Gasteiger partial charge is 0.449 e. The molecule has 248 valence electrons. The van der Waals surface area contributed by atoms with E-state index < -0.39 is 39.4 Å². The van der Waals surface area contributed by atoms with Gasteiger partial charge in [-0.1, -0.05) is 32.4 Å². The maximum Gasteiger partial charge on any atom is 0.306 e. The lowest BCUT2D eigenvalue weighted by molar-refractivity contribution is -0.196. The Morgan fingerprint density at radius 3 is 2.70 bits per heavy atom. The summed E-state index contributed by atoms with van der Waals surface area (Å²) in [5.74, 6) is 0.912. The van der Waals surface area contributed by atoms with Crippen molar-refractivity contribution < 1.29 is 28.8 Å². The predicted octanol–water partition coefficient (Wildman–Crippen LogP) is 4.89. The summed E-state index contributed by atoms with van der Waals surface area (Å²) in [6.07, 6.45) is 7.75. The van der Waals surface area contributed by atoms with Crippen molar-refractivity contribution in [3.05, 3.63) is 53.3 Å². The first-order chi connectivity index (χ1) is 21.8. The van der Waals surface area contributed by atoms with Crippen molar-refractivity contribution in [1.29, 1.82) is 0 Å². The van der Waals surface area contributed by atoms with E-state index in [0.29, 0.717) is 36.3 Å². The topological polar surface area (TPSA) is 151 Å². The molecule has 4 aliphatic carbocycles. The summed E-state index contributed by atoms with van der Waals surface area (Å²) in [6.45, 7) is 5.95. The van der Waals surface area contributed by atoms with Crippen molar-refractivity contribution >= 4 is 52.2 Å². The molecule has 4 fully saturated rings. The van der Waals surface area contributed by atoms with E-state index >= 15 is 0 Å². The minimum atomic E-state index is -1.34. The maximum absolute atomic E-state index is 13.1. The normalized spacial score (nSPS) is 40.1. The summed E-state index contributed by atoms with van der Waals surface area (Å²) in [4.78, 5) is 43.5. The van der Waals surface area contributed by atoms with Crippen LogP contribution in [-0.2, 0) is 25.5 Å². The van der Waals surface area contributed by atoms with E-state index in [1.807, 2.05) is 19.1 Å². The van der Waals surface area contributed by atoms with Crippen LogP contribution in [0.5, 0.6) is 0 Å². The monoisotopic (exact) mass is 668 g/mol.